The van der Waals surface area contributed by atoms with Crippen molar-refractivity contribution in [2.24, 2.45) is 0 Å². The normalized spacial score (nSPS) is 11.6. The molecule has 2 aromatic carbocycles. The van der Waals surface area contributed by atoms with Gasteiger partial charge in [-0.3, -0.25) is 9.59 Å². The smallest absolute Gasteiger partial charge is 0.234 e. The summed E-state index contributed by atoms with van der Waals surface area (Å²) in [5, 5.41) is 5.96. The van der Waals surface area contributed by atoms with Crippen LogP contribution in [-0.2, 0) is 16.1 Å². The summed E-state index contributed by atoms with van der Waals surface area (Å²) in [5.41, 5.74) is 2.76. The highest BCUT2D eigenvalue weighted by molar-refractivity contribution is 8.01. The van der Waals surface area contributed by atoms with Crippen molar-refractivity contribution in [2.45, 2.75) is 25.6 Å². The highest BCUT2D eigenvalue weighted by Crippen LogP contribution is 2.16. The molecule has 2 aromatic rings. The van der Waals surface area contributed by atoms with Gasteiger partial charge < -0.3 is 10.6 Å². The third-order valence-electron chi connectivity index (χ3n) is 3.58. The van der Waals surface area contributed by atoms with E-state index in [-0.39, 0.29) is 22.8 Å². The van der Waals surface area contributed by atoms with E-state index in [0.717, 1.165) is 16.8 Å². The molecular formula is C19H21ClN2O2S. The van der Waals surface area contributed by atoms with Crippen LogP contribution in [0.4, 0.5) is 5.69 Å². The lowest BCUT2D eigenvalue weighted by Gasteiger charge is -2.13. The Morgan fingerprint density at radius 3 is 2.48 bits per heavy atom. The van der Waals surface area contributed by atoms with Gasteiger partial charge in [0.1, 0.15) is 0 Å². The fraction of sp³-hybridized carbons (Fsp3) is 0.263. The molecule has 0 spiro atoms. The molecule has 0 heterocycles. The monoisotopic (exact) mass is 376 g/mol. The predicted molar refractivity (Wildman–Crippen MR) is 105 cm³/mol. The van der Waals surface area contributed by atoms with Crippen LogP contribution >= 0.6 is 23.4 Å². The van der Waals surface area contributed by atoms with Gasteiger partial charge in [0.2, 0.25) is 11.8 Å². The zero-order chi connectivity index (χ0) is 18.2. The molecule has 0 bridgehead atoms. The fourth-order valence-corrected chi connectivity index (χ4v) is 2.99. The van der Waals surface area contributed by atoms with Gasteiger partial charge in [-0.15, -0.1) is 11.8 Å². The van der Waals surface area contributed by atoms with Crippen molar-refractivity contribution in [1.82, 2.24) is 5.32 Å². The number of benzene rings is 2. The number of halogens is 1. The average Bonchev–Trinajstić information content (AvgIpc) is 2.60. The molecule has 1 unspecified atom stereocenters. The molecule has 2 rings (SSSR count). The Balaban J connectivity index is 1.74. The topological polar surface area (TPSA) is 58.2 Å². The summed E-state index contributed by atoms with van der Waals surface area (Å²) in [6.07, 6.45) is 0. The molecule has 0 radical (unpaired) electrons. The van der Waals surface area contributed by atoms with Crippen LogP contribution in [0, 0.1) is 6.92 Å². The van der Waals surface area contributed by atoms with Crippen LogP contribution in [-0.4, -0.2) is 22.8 Å². The number of carbonyl (C=O) groups excluding carboxylic acids is 2. The second-order valence-corrected chi connectivity index (χ2v) is 7.41. The molecular weight excluding hydrogens is 356 g/mol. The summed E-state index contributed by atoms with van der Waals surface area (Å²) in [7, 11) is 0. The zero-order valence-corrected chi connectivity index (χ0v) is 15.8. The van der Waals surface area contributed by atoms with E-state index in [9.17, 15) is 9.59 Å². The SMILES string of the molecule is Cc1ccc(NC(=O)CSC(C)C(=O)NCc2ccccc2Cl)cc1. The molecule has 0 aliphatic carbocycles. The van der Waals surface area contributed by atoms with Crippen molar-refractivity contribution in [1.29, 1.82) is 0 Å². The number of thioether (sulfide) groups is 1. The third kappa shape index (κ3) is 6.44. The Labute approximate surface area is 157 Å². The van der Waals surface area contributed by atoms with E-state index in [4.69, 9.17) is 11.6 Å². The second kappa shape index (κ2) is 9.49. The van der Waals surface area contributed by atoms with E-state index in [2.05, 4.69) is 10.6 Å². The first-order valence-corrected chi connectivity index (χ1v) is 9.37. The van der Waals surface area contributed by atoms with Crippen molar-refractivity contribution in [3.05, 3.63) is 64.7 Å². The maximum atomic E-state index is 12.1. The number of carbonyl (C=O) groups is 2. The Hall–Kier alpha value is -1.98. The van der Waals surface area contributed by atoms with Gasteiger partial charge in [0.25, 0.3) is 0 Å². The zero-order valence-electron chi connectivity index (χ0n) is 14.2. The van der Waals surface area contributed by atoms with Gasteiger partial charge >= 0.3 is 0 Å². The summed E-state index contributed by atoms with van der Waals surface area (Å²) >= 11 is 7.36. The predicted octanol–water partition coefficient (Wildman–Crippen LogP) is 4.03. The van der Waals surface area contributed by atoms with Gasteiger partial charge in [-0.2, -0.15) is 0 Å². The number of nitrogens with one attached hydrogen (secondary N) is 2. The van der Waals surface area contributed by atoms with E-state index >= 15 is 0 Å². The number of hydrogen-bond donors (Lipinski definition) is 2. The standard InChI is InChI=1S/C19H21ClN2O2S/c1-13-7-9-16(10-8-13)22-18(23)12-25-14(2)19(24)21-11-15-5-3-4-6-17(15)20/h3-10,14H,11-12H2,1-2H3,(H,21,24)(H,22,23). The van der Waals surface area contributed by atoms with Crippen LogP contribution in [0.25, 0.3) is 0 Å². The number of aryl methyl sites for hydroxylation is 1. The van der Waals surface area contributed by atoms with Gasteiger partial charge in [-0.05, 0) is 37.6 Å². The molecule has 2 N–H and O–H groups in total. The van der Waals surface area contributed by atoms with Crippen molar-refractivity contribution in [2.75, 3.05) is 11.1 Å². The number of rotatable bonds is 7. The summed E-state index contributed by atoms with van der Waals surface area (Å²) in [4.78, 5) is 24.1. The van der Waals surface area contributed by atoms with Gasteiger partial charge in [0.05, 0.1) is 11.0 Å². The molecule has 4 nitrogen and oxygen atoms in total. The first-order chi connectivity index (χ1) is 12.0. The maximum Gasteiger partial charge on any atom is 0.234 e. The molecule has 0 aliphatic rings. The lowest BCUT2D eigenvalue weighted by molar-refractivity contribution is -0.120. The molecule has 0 aliphatic heterocycles. The minimum atomic E-state index is -0.328. The molecule has 2 amide bonds. The summed E-state index contributed by atoms with van der Waals surface area (Å²) < 4.78 is 0. The van der Waals surface area contributed by atoms with Crippen LogP contribution in [0.3, 0.4) is 0 Å². The molecule has 1 atom stereocenters. The molecule has 0 fully saturated rings. The van der Waals surface area contributed by atoms with Crippen molar-refractivity contribution in [3.63, 3.8) is 0 Å². The molecule has 25 heavy (non-hydrogen) atoms. The quantitative estimate of drug-likeness (QED) is 0.767. The van der Waals surface area contributed by atoms with E-state index in [1.165, 1.54) is 11.8 Å². The molecule has 6 heteroatoms. The van der Waals surface area contributed by atoms with E-state index in [0.29, 0.717) is 11.6 Å². The van der Waals surface area contributed by atoms with Gasteiger partial charge in [-0.25, -0.2) is 0 Å². The fourth-order valence-electron chi connectivity index (χ4n) is 2.08. The molecule has 0 aromatic heterocycles. The Morgan fingerprint density at radius 2 is 1.80 bits per heavy atom. The Morgan fingerprint density at radius 1 is 1.12 bits per heavy atom. The average molecular weight is 377 g/mol. The molecule has 0 saturated carbocycles. The van der Waals surface area contributed by atoms with Crippen LogP contribution in [0.15, 0.2) is 48.5 Å². The number of anilines is 1. The minimum absolute atomic E-state index is 0.118. The van der Waals surface area contributed by atoms with Gasteiger partial charge in [0, 0.05) is 17.3 Å². The number of hydrogen-bond acceptors (Lipinski definition) is 3. The second-order valence-electron chi connectivity index (χ2n) is 5.68. The van der Waals surface area contributed by atoms with Gasteiger partial charge in [-0.1, -0.05) is 47.5 Å². The summed E-state index contributed by atoms with van der Waals surface area (Å²) in [5.74, 6) is -0.0261. The van der Waals surface area contributed by atoms with E-state index in [1.54, 1.807) is 13.0 Å². The first-order valence-electron chi connectivity index (χ1n) is 7.95. The van der Waals surface area contributed by atoms with E-state index < -0.39 is 0 Å². The minimum Gasteiger partial charge on any atom is -0.351 e. The van der Waals surface area contributed by atoms with Crippen molar-refractivity contribution in [3.8, 4) is 0 Å². The van der Waals surface area contributed by atoms with Crippen LogP contribution in [0.1, 0.15) is 18.1 Å². The Bertz CT molecular complexity index is 734. The largest absolute Gasteiger partial charge is 0.351 e. The first kappa shape index (κ1) is 19.3. The summed E-state index contributed by atoms with van der Waals surface area (Å²) in [6, 6.07) is 15.0. The van der Waals surface area contributed by atoms with Crippen LogP contribution < -0.4 is 10.6 Å². The van der Waals surface area contributed by atoms with Crippen molar-refractivity contribution < 1.29 is 9.59 Å². The van der Waals surface area contributed by atoms with Gasteiger partial charge in [0.15, 0.2) is 0 Å². The highest BCUT2D eigenvalue weighted by atomic mass is 35.5. The lowest BCUT2D eigenvalue weighted by atomic mass is 10.2. The lowest BCUT2D eigenvalue weighted by Crippen LogP contribution is -2.31. The molecule has 132 valence electrons. The van der Waals surface area contributed by atoms with Crippen LogP contribution in [0.5, 0.6) is 0 Å². The maximum absolute atomic E-state index is 12.1. The van der Waals surface area contributed by atoms with E-state index in [1.807, 2.05) is 49.4 Å². The number of amides is 2. The molecule has 0 saturated heterocycles. The highest BCUT2D eigenvalue weighted by Gasteiger charge is 2.15. The van der Waals surface area contributed by atoms with Crippen LogP contribution in [0.2, 0.25) is 5.02 Å². The Kier molecular flexibility index (Phi) is 7.34. The third-order valence-corrected chi connectivity index (χ3v) is 5.09. The van der Waals surface area contributed by atoms with Crippen molar-refractivity contribution >= 4 is 40.9 Å². The summed E-state index contributed by atoms with van der Waals surface area (Å²) in [6.45, 7) is 4.15.